The second-order valence-corrected chi connectivity index (χ2v) is 8.43. The van der Waals surface area contributed by atoms with E-state index in [4.69, 9.17) is 0 Å². The number of carbonyl (C=O) groups is 1. The fourth-order valence-electron chi connectivity index (χ4n) is 2.90. The van der Waals surface area contributed by atoms with E-state index >= 15 is 0 Å². The van der Waals surface area contributed by atoms with Crippen molar-refractivity contribution in [2.45, 2.75) is 50.6 Å². The Morgan fingerprint density at radius 3 is 2.76 bits per heavy atom. The van der Waals surface area contributed by atoms with Crippen molar-refractivity contribution in [2.75, 3.05) is 5.32 Å². The summed E-state index contributed by atoms with van der Waals surface area (Å²) in [6, 6.07) is 2.35. The van der Waals surface area contributed by atoms with Crippen LogP contribution in [0.3, 0.4) is 0 Å². The number of rotatable bonds is 4. The van der Waals surface area contributed by atoms with Gasteiger partial charge < -0.3 is 10.4 Å². The standard InChI is InChI=1S/C18H22N4O2S/c1-10-8-11(2)15(14-13(10)7-6-12(3)20-14)22-9-19-21-17(22)25-18(4,5)16(23)24/h6-9,12,20H,1-5H3,(H,23,24). The molecule has 0 fully saturated rings. The van der Waals surface area contributed by atoms with Gasteiger partial charge in [-0.25, -0.2) is 0 Å². The predicted octanol–water partition coefficient (Wildman–Crippen LogP) is 3.67. The van der Waals surface area contributed by atoms with Crippen molar-refractivity contribution in [1.82, 2.24) is 14.8 Å². The maximum absolute atomic E-state index is 11.5. The fourth-order valence-corrected chi connectivity index (χ4v) is 3.77. The first-order valence-corrected chi connectivity index (χ1v) is 8.94. The molecule has 0 spiro atoms. The highest BCUT2D eigenvalue weighted by Gasteiger charge is 2.31. The average Bonchev–Trinajstić information content (AvgIpc) is 2.94. The molecule has 6 nitrogen and oxygen atoms in total. The number of thioether (sulfide) groups is 1. The van der Waals surface area contributed by atoms with Gasteiger partial charge in [-0.1, -0.05) is 30.0 Å². The number of aryl methyl sites for hydroxylation is 2. The van der Waals surface area contributed by atoms with Crippen molar-refractivity contribution in [3.05, 3.63) is 35.2 Å². The molecule has 2 aromatic rings. The summed E-state index contributed by atoms with van der Waals surface area (Å²) in [4.78, 5) is 11.5. The van der Waals surface area contributed by atoms with E-state index < -0.39 is 10.7 Å². The van der Waals surface area contributed by atoms with Gasteiger partial charge in [0.05, 0.1) is 11.4 Å². The number of hydrogen-bond donors (Lipinski definition) is 2. The maximum atomic E-state index is 11.5. The number of nitrogens with one attached hydrogen (secondary N) is 1. The van der Waals surface area contributed by atoms with E-state index in [1.807, 2.05) is 11.5 Å². The van der Waals surface area contributed by atoms with Gasteiger partial charge in [0.1, 0.15) is 11.1 Å². The Morgan fingerprint density at radius 2 is 2.08 bits per heavy atom. The number of aliphatic carboxylic acids is 1. The number of carboxylic acid groups (broad SMARTS) is 1. The molecule has 1 aromatic carbocycles. The second-order valence-electron chi connectivity index (χ2n) is 6.84. The zero-order valence-electron chi connectivity index (χ0n) is 15.0. The van der Waals surface area contributed by atoms with Gasteiger partial charge in [0, 0.05) is 11.6 Å². The molecule has 1 aromatic heterocycles. The lowest BCUT2D eigenvalue weighted by Gasteiger charge is -2.26. The smallest absolute Gasteiger partial charge is 0.319 e. The van der Waals surface area contributed by atoms with Gasteiger partial charge in [0.15, 0.2) is 5.16 Å². The molecular formula is C18H22N4O2S. The molecule has 0 bridgehead atoms. The van der Waals surface area contributed by atoms with Crippen LogP contribution in [0.5, 0.6) is 0 Å². The van der Waals surface area contributed by atoms with Crippen LogP contribution in [0.25, 0.3) is 11.8 Å². The summed E-state index contributed by atoms with van der Waals surface area (Å²) in [6.07, 6.45) is 5.90. The lowest BCUT2D eigenvalue weighted by Crippen LogP contribution is -2.27. The first kappa shape index (κ1) is 17.5. The van der Waals surface area contributed by atoms with Crippen LogP contribution in [0.4, 0.5) is 5.69 Å². The largest absolute Gasteiger partial charge is 0.480 e. The van der Waals surface area contributed by atoms with Crippen molar-refractivity contribution in [3.8, 4) is 5.69 Å². The molecule has 2 heterocycles. The van der Waals surface area contributed by atoms with Gasteiger partial charge in [-0.15, -0.1) is 10.2 Å². The van der Waals surface area contributed by atoms with E-state index in [9.17, 15) is 9.90 Å². The quantitative estimate of drug-likeness (QED) is 0.812. The molecule has 0 saturated carbocycles. The third-order valence-corrected chi connectivity index (χ3v) is 5.43. The van der Waals surface area contributed by atoms with E-state index in [0.29, 0.717) is 5.16 Å². The Morgan fingerprint density at radius 1 is 1.36 bits per heavy atom. The Labute approximate surface area is 151 Å². The van der Waals surface area contributed by atoms with Crippen molar-refractivity contribution in [2.24, 2.45) is 0 Å². The highest BCUT2D eigenvalue weighted by molar-refractivity contribution is 8.01. The number of hydrogen-bond acceptors (Lipinski definition) is 5. The van der Waals surface area contributed by atoms with E-state index in [1.54, 1.807) is 20.2 Å². The number of nitrogens with zero attached hydrogens (tertiary/aromatic N) is 3. The third kappa shape index (κ3) is 3.16. The molecule has 1 aliphatic rings. The molecule has 0 aliphatic carbocycles. The minimum Gasteiger partial charge on any atom is -0.480 e. The van der Waals surface area contributed by atoms with Gasteiger partial charge in [0.25, 0.3) is 0 Å². The highest BCUT2D eigenvalue weighted by Crippen LogP contribution is 2.38. The minimum atomic E-state index is -0.996. The second kappa shape index (κ2) is 6.22. The van der Waals surface area contributed by atoms with E-state index in [0.717, 1.165) is 22.5 Å². The van der Waals surface area contributed by atoms with Gasteiger partial charge in [0.2, 0.25) is 0 Å². The number of carboxylic acids is 1. The van der Waals surface area contributed by atoms with Crippen LogP contribution in [0.15, 0.2) is 23.6 Å². The fraction of sp³-hybridized carbons (Fsp3) is 0.389. The number of aromatic nitrogens is 3. The number of fused-ring (bicyclic) bond motifs is 1. The van der Waals surface area contributed by atoms with Crippen molar-refractivity contribution in [3.63, 3.8) is 0 Å². The van der Waals surface area contributed by atoms with Crippen LogP contribution in [0, 0.1) is 13.8 Å². The van der Waals surface area contributed by atoms with E-state index in [2.05, 4.69) is 47.6 Å². The van der Waals surface area contributed by atoms with Crippen LogP contribution in [-0.4, -0.2) is 36.6 Å². The van der Waals surface area contributed by atoms with Gasteiger partial charge in [-0.3, -0.25) is 9.36 Å². The first-order chi connectivity index (χ1) is 11.7. The van der Waals surface area contributed by atoms with Crippen LogP contribution in [-0.2, 0) is 4.79 Å². The zero-order chi connectivity index (χ0) is 18.4. The molecule has 7 heteroatoms. The van der Waals surface area contributed by atoms with E-state index in [1.165, 1.54) is 17.3 Å². The maximum Gasteiger partial charge on any atom is 0.319 e. The molecule has 25 heavy (non-hydrogen) atoms. The first-order valence-electron chi connectivity index (χ1n) is 8.12. The Hall–Kier alpha value is -2.28. The predicted molar refractivity (Wildman–Crippen MR) is 101 cm³/mol. The molecule has 132 valence electrons. The van der Waals surface area contributed by atoms with Crippen molar-refractivity contribution >= 4 is 29.5 Å². The van der Waals surface area contributed by atoms with Crippen molar-refractivity contribution in [1.29, 1.82) is 0 Å². The lowest BCUT2D eigenvalue weighted by molar-refractivity contribution is -0.138. The molecule has 1 unspecified atom stereocenters. The van der Waals surface area contributed by atoms with Gasteiger partial charge in [-0.05, 0) is 45.7 Å². The Kier molecular flexibility index (Phi) is 4.36. The summed E-state index contributed by atoms with van der Waals surface area (Å²) in [5.74, 6) is -0.885. The third-order valence-electron chi connectivity index (χ3n) is 4.28. The zero-order valence-corrected chi connectivity index (χ0v) is 15.8. The summed E-state index contributed by atoms with van der Waals surface area (Å²) < 4.78 is 0.881. The average molecular weight is 358 g/mol. The van der Waals surface area contributed by atoms with Crippen LogP contribution >= 0.6 is 11.8 Å². The van der Waals surface area contributed by atoms with Crippen LogP contribution < -0.4 is 5.32 Å². The summed E-state index contributed by atoms with van der Waals surface area (Å²) in [5.41, 5.74) is 5.41. The molecular weight excluding hydrogens is 336 g/mol. The van der Waals surface area contributed by atoms with Crippen LogP contribution in [0.2, 0.25) is 0 Å². The molecule has 1 atom stereocenters. The molecule has 2 N–H and O–H groups in total. The topological polar surface area (TPSA) is 80.0 Å². The summed E-state index contributed by atoms with van der Waals surface area (Å²) >= 11 is 1.19. The van der Waals surface area contributed by atoms with Gasteiger partial charge in [-0.2, -0.15) is 0 Å². The Balaban J connectivity index is 2.15. The summed E-state index contributed by atoms with van der Waals surface area (Å²) in [7, 11) is 0. The van der Waals surface area contributed by atoms with Crippen LogP contribution in [0.1, 0.15) is 37.5 Å². The molecule has 0 saturated heterocycles. The normalized spacial score (nSPS) is 16.4. The molecule has 0 radical (unpaired) electrons. The number of anilines is 1. The highest BCUT2D eigenvalue weighted by atomic mass is 32.2. The molecule has 0 amide bonds. The molecule has 1 aliphatic heterocycles. The Bertz CT molecular complexity index is 870. The minimum absolute atomic E-state index is 0.218. The molecule has 3 rings (SSSR count). The monoisotopic (exact) mass is 358 g/mol. The summed E-state index contributed by atoms with van der Waals surface area (Å²) in [6.45, 7) is 9.56. The van der Waals surface area contributed by atoms with Gasteiger partial charge >= 0.3 is 5.97 Å². The van der Waals surface area contributed by atoms with E-state index in [-0.39, 0.29) is 6.04 Å². The lowest BCUT2D eigenvalue weighted by atomic mass is 9.96. The SMILES string of the molecule is Cc1cc(C)c(-n2cnnc2SC(C)(C)C(=O)O)c2c1C=CC(C)N2. The summed E-state index contributed by atoms with van der Waals surface area (Å²) in [5, 5.41) is 21.7. The van der Waals surface area contributed by atoms with Crippen molar-refractivity contribution < 1.29 is 9.90 Å². The number of benzene rings is 1.